The van der Waals surface area contributed by atoms with Gasteiger partial charge in [0.15, 0.2) is 0 Å². The molecule has 8 nitrogen and oxygen atoms in total. The highest BCUT2D eigenvalue weighted by Crippen LogP contribution is 2.51. The number of halogens is 3. The third kappa shape index (κ3) is 5.10. The normalized spacial score (nSPS) is 24.9. The fourth-order valence-corrected chi connectivity index (χ4v) is 7.21. The van der Waals surface area contributed by atoms with Crippen LogP contribution in [0, 0.1) is 22.7 Å². The molecule has 1 saturated heterocycles. The van der Waals surface area contributed by atoms with E-state index in [9.17, 15) is 23.2 Å². The highest BCUT2D eigenvalue weighted by molar-refractivity contribution is 6.10. The molecule has 0 N–H and O–H groups in total. The third-order valence-corrected chi connectivity index (χ3v) is 9.82. The van der Waals surface area contributed by atoms with Crippen LogP contribution in [0.3, 0.4) is 0 Å². The number of hydrogen-bond donors (Lipinski definition) is 0. The van der Waals surface area contributed by atoms with Crippen molar-refractivity contribution in [1.29, 1.82) is 5.26 Å². The zero-order valence-corrected chi connectivity index (χ0v) is 24.0. The molecule has 3 fully saturated rings. The molecule has 7 rings (SSSR count). The van der Waals surface area contributed by atoms with Gasteiger partial charge in [0, 0.05) is 61.1 Å². The number of amides is 1. The first-order valence-electron chi connectivity index (χ1n) is 14.8. The van der Waals surface area contributed by atoms with Crippen molar-refractivity contribution >= 4 is 11.6 Å². The van der Waals surface area contributed by atoms with Crippen molar-refractivity contribution in [1.82, 2.24) is 19.7 Å². The van der Waals surface area contributed by atoms with Gasteiger partial charge in [-0.15, -0.1) is 10.2 Å². The molecule has 2 aromatic carbocycles. The Balaban J connectivity index is 1.19. The van der Waals surface area contributed by atoms with E-state index in [0.717, 1.165) is 30.8 Å². The van der Waals surface area contributed by atoms with Gasteiger partial charge in [-0.3, -0.25) is 9.69 Å². The Morgan fingerprint density at radius 1 is 1.19 bits per heavy atom. The molecule has 0 bridgehead atoms. The lowest BCUT2D eigenvalue weighted by Crippen LogP contribution is -2.43. The van der Waals surface area contributed by atoms with Gasteiger partial charge >= 0.3 is 6.18 Å². The lowest BCUT2D eigenvalue weighted by molar-refractivity contribution is -0.138. The average Bonchev–Trinajstić information content (AvgIpc) is 3.55. The van der Waals surface area contributed by atoms with Crippen molar-refractivity contribution in [3.63, 3.8) is 0 Å². The van der Waals surface area contributed by atoms with Crippen LogP contribution in [0.2, 0.25) is 0 Å². The number of aryl methyl sites for hydroxylation is 1. The second-order valence-electron chi connectivity index (χ2n) is 12.9. The smallest absolute Gasteiger partial charge is 0.379 e. The highest BCUT2D eigenvalue weighted by atomic mass is 19.4. The number of nitriles is 1. The largest absolute Gasteiger partial charge is 0.416 e. The second kappa shape index (κ2) is 10.2. The van der Waals surface area contributed by atoms with Gasteiger partial charge in [-0.25, -0.2) is 0 Å². The van der Waals surface area contributed by atoms with E-state index < -0.39 is 17.6 Å². The molecular formula is C32H33F3N6O2. The first kappa shape index (κ1) is 28.0. The summed E-state index contributed by atoms with van der Waals surface area (Å²) in [6.07, 6.45) is 1.05. The van der Waals surface area contributed by atoms with Crippen LogP contribution >= 0.6 is 0 Å². The summed E-state index contributed by atoms with van der Waals surface area (Å²) < 4.78 is 50.8. The fourth-order valence-electron chi connectivity index (χ4n) is 7.21. The summed E-state index contributed by atoms with van der Waals surface area (Å²) in [5.74, 6) is 0.272. The van der Waals surface area contributed by atoms with Crippen molar-refractivity contribution in [3.8, 4) is 6.07 Å². The summed E-state index contributed by atoms with van der Waals surface area (Å²) in [5, 5.41) is 17.8. The molecule has 2 aliphatic heterocycles. The monoisotopic (exact) mass is 590 g/mol. The number of ether oxygens (including phenoxy) is 1. The van der Waals surface area contributed by atoms with Crippen LogP contribution in [-0.2, 0) is 42.9 Å². The summed E-state index contributed by atoms with van der Waals surface area (Å²) in [7, 11) is 1.87. The van der Waals surface area contributed by atoms with Gasteiger partial charge < -0.3 is 14.2 Å². The zero-order chi connectivity index (χ0) is 30.0. The standard InChI is InChI=1S/C32H33F3N6O2/c1-39-20-37-38-28(39)14-31(12-22(13-31)15-36)23-3-2-4-24(11-23)41-17-26-25(29(41)42)9-21(10-27(26)32(33,34)35)16-40-7-8-43-19-30(18-40)5-6-30/h2-4,9-11,20,22H,5-8,12-14,16-19H2,1H3. The first-order chi connectivity index (χ1) is 20.6. The van der Waals surface area contributed by atoms with Crippen molar-refractivity contribution in [2.75, 3.05) is 31.2 Å². The molecule has 1 spiro atoms. The van der Waals surface area contributed by atoms with E-state index in [-0.39, 0.29) is 34.4 Å². The average molecular weight is 591 g/mol. The minimum absolute atomic E-state index is 0.0199. The van der Waals surface area contributed by atoms with Crippen LogP contribution < -0.4 is 4.90 Å². The number of alkyl halides is 3. The van der Waals surface area contributed by atoms with E-state index in [2.05, 4.69) is 21.2 Å². The van der Waals surface area contributed by atoms with Crippen molar-refractivity contribution < 1.29 is 22.7 Å². The maximum absolute atomic E-state index is 14.4. The van der Waals surface area contributed by atoms with Crippen LogP contribution in [0.5, 0.6) is 0 Å². The van der Waals surface area contributed by atoms with E-state index in [4.69, 9.17) is 4.74 Å². The Hall–Kier alpha value is -3.75. The quantitative estimate of drug-likeness (QED) is 0.401. The predicted molar refractivity (Wildman–Crippen MR) is 151 cm³/mol. The molecule has 4 aliphatic rings. The van der Waals surface area contributed by atoms with E-state index >= 15 is 0 Å². The van der Waals surface area contributed by atoms with Gasteiger partial charge in [0.1, 0.15) is 12.2 Å². The number of aromatic nitrogens is 3. The molecule has 11 heteroatoms. The highest BCUT2D eigenvalue weighted by Gasteiger charge is 2.48. The van der Waals surface area contributed by atoms with E-state index in [1.54, 1.807) is 18.5 Å². The molecule has 1 amide bonds. The van der Waals surface area contributed by atoms with Crippen LogP contribution in [0.1, 0.15) is 64.1 Å². The Morgan fingerprint density at radius 3 is 2.70 bits per heavy atom. The number of nitrogens with zero attached hydrogens (tertiary/aromatic N) is 6. The van der Waals surface area contributed by atoms with Gasteiger partial charge in [0.05, 0.1) is 31.4 Å². The minimum Gasteiger partial charge on any atom is -0.379 e. The zero-order valence-electron chi connectivity index (χ0n) is 24.0. The molecule has 0 atom stereocenters. The van der Waals surface area contributed by atoms with Gasteiger partial charge in [-0.1, -0.05) is 12.1 Å². The maximum Gasteiger partial charge on any atom is 0.416 e. The molecule has 3 heterocycles. The number of rotatable bonds is 6. The number of benzene rings is 2. The topological polar surface area (TPSA) is 87.3 Å². The minimum atomic E-state index is -4.59. The summed E-state index contributed by atoms with van der Waals surface area (Å²) in [5.41, 5.74) is 1.13. The van der Waals surface area contributed by atoms with Crippen LogP contribution in [0.25, 0.3) is 0 Å². The molecule has 3 aromatic rings. The van der Waals surface area contributed by atoms with Gasteiger partial charge in [-0.2, -0.15) is 18.4 Å². The fraction of sp³-hybridized carbons (Fsp3) is 0.500. The second-order valence-corrected chi connectivity index (χ2v) is 12.9. The summed E-state index contributed by atoms with van der Waals surface area (Å²) >= 11 is 0. The van der Waals surface area contributed by atoms with Gasteiger partial charge in [0.25, 0.3) is 5.91 Å². The summed E-state index contributed by atoms with van der Waals surface area (Å²) in [6.45, 7) is 2.89. The van der Waals surface area contributed by atoms with Crippen LogP contribution in [-0.4, -0.2) is 51.9 Å². The van der Waals surface area contributed by atoms with Crippen molar-refractivity contribution in [2.45, 2.75) is 56.8 Å². The van der Waals surface area contributed by atoms with E-state index in [1.165, 1.54) is 11.0 Å². The predicted octanol–water partition coefficient (Wildman–Crippen LogP) is 5.02. The number of fused-ring (bicyclic) bond motifs is 1. The number of hydrogen-bond acceptors (Lipinski definition) is 6. The molecule has 0 unspecified atom stereocenters. The summed E-state index contributed by atoms with van der Waals surface area (Å²) in [6, 6.07) is 12.7. The van der Waals surface area contributed by atoms with Crippen LogP contribution in [0.15, 0.2) is 42.7 Å². The molecule has 2 saturated carbocycles. The van der Waals surface area contributed by atoms with Crippen molar-refractivity contribution in [3.05, 3.63) is 76.4 Å². The molecule has 224 valence electrons. The Morgan fingerprint density at radius 2 is 2.00 bits per heavy atom. The molecule has 0 radical (unpaired) electrons. The maximum atomic E-state index is 14.4. The molecule has 43 heavy (non-hydrogen) atoms. The molecular weight excluding hydrogens is 557 g/mol. The third-order valence-electron chi connectivity index (χ3n) is 9.82. The SMILES string of the molecule is Cn1cnnc1CC1(c2cccc(N3Cc4c(cc(CN5CCOCC6(CC6)C5)cc4C(F)(F)F)C3=O)c2)CC(C#N)C1. The molecule has 2 aliphatic carbocycles. The Labute approximate surface area is 248 Å². The number of carbonyl (C=O) groups is 1. The molecule has 1 aromatic heterocycles. The van der Waals surface area contributed by atoms with Crippen LogP contribution in [0.4, 0.5) is 18.9 Å². The van der Waals surface area contributed by atoms with Gasteiger partial charge in [-0.05, 0) is 66.6 Å². The van der Waals surface area contributed by atoms with E-state index in [0.29, 0.717) is 56.8 Å². The number of anilines is 1. The Kier molecular flexibility index (Phi) is 6.63. The Bertz CT molecular complexity index is 1620. The van der Waals surface area contributed by atoms with Gasteiger partial charge in [0.2, 0.25) is 0 Å². The lowest BCUT2D eigenvalue weighted by atomic mass is 9.57. The summed E-state index contributed by atoms with van der Waals surface area (Å²) in [4.78, 5) is 17.4. The van der Waals surface area contributed by atoms with E-state index in [1.807, 2.05) is 29.8 Å². The lowest BCUT2D eigenvalue weighted by Gasteiger charge is -2.45. The first-order valence-corrected chi connectivity index (χ1v) is 14.8. The van der Waals surface area contributed by atoms with Crippen molar-refractivity contribution in [2.24, 2.45) is 18.4 Å². The number of carbonyl (C=O) groups excluding carboxylic acids is 1.